The van der Waals surface area contributed by atoms with Crippen molar-refractivity contribution in [2.75, 3.05) is 12.4 Å². The number of rotatable bonds is 2. The first-order valence-corrected chi connectivity index (χ1v) is 8.12. The fourth-order valence-corrected chi connectivity index (χ4v) is 4.04. The second-order valence-corrected chi connectivity index (χ2v) is 6.76. The van der Waals surface area contributed by atoms with Crippen molar-refractivity contribution in [3.63, 3.8) is 0 Å². The molecule has 0 spiro atoms. The monoisotopic (exact) mass is 317 g/mol. The fraction of sp³-hybridized carbons (Fsp3) is 0.688. The summed E-state index contributed by atoms with van der Waals surface area (Å²) in [5.74, 6) is 0.355. The Morgan fingerprint density at radius 2 is 1.70 bits per heavy atom. The zero-order valence-corrected chi connectivity index (χ0v) is 13.9. The number of fused-ring (bicyclic) bond motifs is 2. The van der Waals surface area contributed by atoms with Crippen molar-refractivity contribution < 1.29 is 0 Å². The molecule has 3 heterocycles. The lowest BCUT2D eigenvalue weighted by Crippen LogP contribution is -2.53. The summed E-state index contributed by atoms with van der Waals surface area (Å²) in [6, 6.07) is 3.21. The van der Waals surface area contributed by atoms with E-state index in [-0.39, 0.29) is 11.6 Å². The van der Waals surface area contributed by atoms with Gasteiger partial charge >= 0.3 is 5.69 Å². The van der Waals surface area contributed by atoms with Crippen LogP contribution in [0.4, 0.5) is 5.82 Å². The molecule has 2 aliphatic heterocycles. The van der Waals surface area contributed by atoms with Crippen molar-refractivity contribution >= 4 is 5.82 Å². The summed E-state index contributed by atoms with van der Waals surface area (Å²) in [7, 11) is 5.18. The molecule has 2 saturated heterocycles. The number of nitrogens with zero attached hydrogens (tertiary/aromatic N) is 4. The molecule has 7 heteroatoms. The minimum atomic E-state index is -0.536. The summed E-state index contributed by atoms with van der Waals surface area (Å²) < 4.78 is 2.35. The molecule has 7 nitrogen and oxygen atoms in total. The summed E-state index contributed by atoms with van der Waals surface area (Å²) in [6.07, 6.45) is 5.58. The highest BCUT2D eigenvalue weighted by molar-refractivity contribution is 5.52. The van der Waals surface area contributed by atoms with E-state index in [1.165, 1.54) is 30.9 Å². The number of aromatic nitrogens is 2. The Labute approximate surface area is 135 Å². The predicted octanol–water partition coefficient (Wildman–Crippen LogP) is 0.383. The Hall–Kier alpha value is -2.07. The smallest absolute Gasteiger partial charge is 0.332 e. The maximum Gasteiger partial charge on any atom is 0.332 e. The maximum absolute atomic E-state index is 12.2. The molecular formula is C16H23N5O2. The summed E-state index contributed by atoms with van der Waals surface area (Å²) in [4.78, 5) is 26.8. The van der Waals surface area contributed by atoms with Gasteiger partial charge in [0.25, 0.3) is 5.56 Å². The summed E-state index contributed by atoms with van der Waals surface area (Å²) in [5.41, 5.74) is -0.936. The molecular weight excluding hydrogens is 294 g/mol. The van der Waals surface area contributed by atoms with Crippen molar-refractivity contribution in [1.82, 2.24) is 14.0 Å². The topological polar surface area (TPSA) is 83.1 Å². The molecule has 0 aromatic carbocycles. The third-order valence-electron chi connectivity index (χ3n) is 5.46. The van der Waals surface area contributed by atoms with Crippen LogP contribution in [-0.4, -0.2) is 39.2 Å². The second-order valence-electron chi connectivity index (χ2n) is 6.76. The van der Waals surface area contributed by atoms with Crippen LogP contribution in [-0.2, 0) is 14.1 Å². The molecule has 2 bridgehead atoms. The van der Waals surface area contributed by atoms with E-state index >= 15 is 0 Å². The highest BCUT2D eigenvalue weighted by Crippen LogP contribution is 2.33. The van der Waals surface area contributed by atoms with Gasteiger partial charge in [0.2, 0.25) is 0 Å². The molecule has 124 valence electrons. The lowest BCUT2D eigenvalue weighted by atomic mass is 9.82. The predicted molar refractivity (Wildman–Crippen MR) is 87.5 cm³/mol. The normalized spacial score (nSPS) is 27.5. The van der Waals surface area contributed by atoms with Crippen LogP contribution >= 0.6 is 0 Å². The van der Waals surface area contributed by atoms with E-state index in [2.05, 4.69) is 17.3 Å². The number of anilines is 1. The van der Waals surface area contributed by atoms with Gasteiger partial charge in [0.05, 0.1) is 0 Å². The van der Waals surface area contributed by atoms with Gasteiger partial charge in [-0.05, 0) is 32.7 Å². The molecule has 1 aromatic heterocycles. The lowest BCUT2D eigenvalue weighted by Gasteiger charge is -2.47. The zero-order chi connectivity index (χ0) is 16.7. The van der Waals surface area contributed by atoms with Crippen LogP contribution in [0.2, 0.25) is 0 Å². The Balaban J connectivity index is 1.94. The van der Waals surface area contributed by atoms with Gasteiger partial charge in [-0.1, -0.05) is 6.42 Å². The van der Waals surface area contributed by atoms with Gasteiger partial charge in [-0.25, -0.2) is 4.79 Å². The molecule has 2 atom stereocenters. The van der Waals surface area contributed by atoms with Crippen molar-refractivity contribution in [2.45, 2.75) is 50.2 Å². The zero-order valence-electron chi connectivity index (χ0n) is 13.9. The first-order valence-electron chi connectivity index (χ1n) is 8.12. The number of piperidine rings is 2. The summed E-state index contributed by atoms with van der Waals surface area (Å²) in [6.45, 7) is 0. The van der Waals surface area contributed by atoms with Gasteiger partial charge in [0.1, 0.15) is 11.9 Å². The SMILES string of the molecule is CN1C2CCCC1CC(Nc1c(C#N)c(=O)n(C)c(=O)n1C)C2. The largest absolute Gasteiger partial charge is 0.367 e. The third-order valence-corrected chi connectivity index (χ3v) is 5.46. The van der Waals surface area contributed by atoms with Crippen LogP contribution in [0.5, 0.6) is 0 Å². The molecule has 0 radical (unpaired) electrons. The molecule has 2 aliphatic rings. The molecule has 2 unspecified atom stereocenters. The van der Waals surface area contributed by atoms with Crippen LogP contribution in [0.1, 0.15) is 37.7 Å². The molecule has 0 amide bonds. The van der Waals surface area contributed by atoms with Crippen LogP contribution in [0.25, 0.3) is 0 Å². The minimum Gasteiger partial charge on any atom is -0.367 e. The van der Waals surface area contributed by atoms with E-state index in [9.17, 15) is 14.9 Å². The third kappa shape index (κ3) is 2.57. The van der Waals surface area contributed by atoms with Gasteiger partial charge in [0, 0.05) is 32.2 Å². The van der Waals surface area contributed by atoms with Crippen LogP contribution < -0.4 is 16.6 Å². The molecule has 2 fully saturated rings. The second kappa shape index (κ2) is 5.85. The van der Waals surface area contributed by atoms with Crippen molar-refractivity contribution in [3.8, 4) is 6.07 Å². The van der Waals surface area contributed by atoms with E-state index in [1.807, 2.05) is 6.07 Å². The number of hydrogen-bond donors (Lipinski definition) is 1. The molecule has 3 rings (SSSR count). The van der Waals surface area contributed by atoms with Crippen molar-refractivity contribution in [3.05, 3.63) is 26.4 Å². The molecule has 0 saturated carbocycles. The Morgan fingerprint density at radius 3 is 2.26 bits per heavy atom. The minimum absolute atomic E-state index is 0.0127. The van der Waals surface area contributed by atoms with E-state index in [4.69, 9.17) is 0 Å². The van der Waals surface area contributed by atoms with Crippen LogP contribution in [0.15, 0.2) is 9.59 Å². The Kier molecular flexibility index (Phi) is 4.02. The summed E-state index contributed by atoms with van der Waals surface area (Å²) >= 11 is 0. The molecule has 23 heavy (non-hydrogen) atoms. The lowest BCUT2D eigenvalue weighted by molar-refractivity contribution is 0.0607. The first-order chi connectivity index (χ1) is 10.9. The molecule has 1 N–H and O–H groups in total. The number of hydrogen-bond acceptors (Lipinski definition) is 5. The van der Waals surface area contributed by atoms with Crippen molar-refractivity contribution in [2.24, 2.45) is 14.1 Å². The summed E-state index contributed by atoms with van der Waals surface area (Å²) in [5, 5.41) is 12.7. The van der Waals surface area contributed by atoms with Gasteiger partial charge < -0.3 is 10.2 Å². The van der Waals surface area contributed by atoms with Gasteiger partial charge in [-0.3, -0.25) is 13.9 Å². The standard InChI is InChI=1S/C16H23N5O2/c1-19-11-5-4-6-12(19)8-10(7-11)18-14-13(9-17)15(22)21(3)16(23)20(14)2/h10-12,18H,4-8H2,1-3H3. The number of nitrogens with one attached hydrogen (secondary N) is 1. The van der Waals surface area contributed by atoms with Gasteiger partial charge in [-0.15, -0.1) is 0 Å². The van der Waals surface area contributed by atoms with Gasteiger partial charge in [0.15, 0.2) is 5.56 Å². The highest BCUT2D eigenvalue weighted by Gasteiger charge is 2.36. The van der Waals surface area contributed by atoms with Gasteiger partial charge in [-0.2, -0.15) is 5.26 Å². The highest BCUT2D eigenvalue weighted by atomic mass is 16.2. The van der Waals surface area contributed by atoms with E-state index < -0.39 is 11.2 Å². The number of nitriles is 1. The fourth-order valence-electron chi connectivity index (χ4n) is 4.04. The Bertz CT molecular complexity index is 758. The molecule has 1 aromatic rings. The molecule has 0 aliphatic carbocycles. The van der Waals surface area contributed by atoms with E-state index in [1.54, 1.807) is 7.05 Å². The van der Waals surface area contributed by atoms with Crippen LogP contribution in [0, 0.1) is 11.3 Å². The van der Waals surface area contributed by atoms with Crippen molar-refractivity contribution in [1.29, 1.82) is 5.26 Å². The Morgan fingerprint density at radius 1 is 1.09 bits per heavy atom. The van der Waals surface area contributed by atoms with E-state index in [0.29, 0.717) is 17.9 Å². The average molecular weight is 317 g/mol. The average Bonchev–Trinajstić information content (AvgIpc) is 2.52. The first kappa shape index (κ1) is 15.8. The quantitative estimate of drug-likeness (QED) is 0.853. The van der Waals surface area contributed by atoms with E-state index in [0.717, 1.165) is 17.4 Å². The van der Waals surface area contributed by atoms with Crippen LogP contribution in [0.3, 0.4) is 0 Å². The maximum atomic E-state index is 12.2.